The monoisotopic (exact) mass is 595 g/mol. The van der Waals surface area contributed by atoms with Crippen molar-refractivity contribution in [2.45, 2.75) is 37.8 Å². The summed E-state index contributed by atoms with van der Waals surface area (Å²) in [6.45, 7) is 2.10. The molecule has 0 radical (unpaired) electrons. The summed E-state index contributed by atoms with van der Waals surface area (Å²) >= 11 is 0. The highest BCUT2D eigenvalue weighted by Gasteiger charge is 2.61. The number of unbranched alkanes of at least 4 members (excludes halogenated alkanes) is 1. The normalized spacial score (nSPS) is 18.0. The van der Waals surface area contributed by atoms with Gasteiger partial charge >= 0.3 is 0 Å². The molecular weight excluding hydrogens is 562 g/mol. The lowest BCUT2D eigenvalue weighted by molar-refractivity contribution is -0.138. The van der Waals surface area contributed by atoms with Crippen molar-refractivity contribution >= 4 is 28.4 Å². The molecule has 8 heteroatoms. The third kappa shape index (κ3) is 4.47. The van der Waals surface area contributed by atoms with Gasteiger partial charge in [0, 0.05) is 13.5 Å². The Morgan fingerprint density at radius 1 is 0.778 bits per heavy atom. The third-order valence-electron chi connectivity index (χ3n) is 9.01. The van der Waals surface area contributed by atoms with Crippen molar-refractivity contribution in [1.29, 1.82) is 0 Å². The molecule has 0 unspecified atom stereocenters. The number of carbonyl (C=O) groups excluding carboxylic acids is 2. The molecule has 2 aliphatic rings. The summed E-state index contributed by atoms with van der Waals surface area (Å²) in [5.74, 6) is -0.845. The molecule has 224 valence electrons. The Bertz CT molecular complexity index is 1890. The van der Waals surface area contributed by atoms with Crippen molar-refractivity contribution < 1.29 is 9.59 Å². The number of hydrogen-bond acceptors (Lipinski definition) is 6. The summed E-state index contributed by atoms with van der Waals surface area (Å²) < 4.78 is 0. The van der Waals surface area contributed by atoms with E-state index in [-0.39, 0.29) is 17.4 Å². The van der Waals surface area contributed by atoms with Gasteiger partial charge in [0.25, 0.3) is 11.5 Å². The van der Waals surface area contributed by atoms with Crippen LogP contribution in [0.2, 0.25) is 0 Å². The van der Waals surface area contributed by atoms with Crippen LogP contribution < -0.4 is 5.56 Å². The Morgan fingerprint density at radius 2 is 1.36 bits per heavy atom. The summed E-state index contributed by atoms with van der Waals surface area (Å²) in [6.07, 6.45) is 2.62. The first-order chi connectivity index (χ1) is 21.9. The van der Waals surface area contributed by atoms with Gasteiger partial charge in [0.15, 0.2) is 0 Å². The molecule has 1 saturated heterocycles. The SMILES string of the molecule is CCCCc1nc2ccc(C3=NN(C(c4ccccc4)(c4ccccc4)c4ccccc4)[C@H]4C(=O)N(C)C(=O)[C@@H]34)cc2c(=O)[nH]1. The highest BCUT2D eigenvalue weighted by Crippen LogP contribution is 2.49. The van der Waals surface area contributed by atoms with Gasteiger partial charge in [-0.25, -0.2) is 4.98 Å². The number of aromatic amines is 1. The Hall–Kier alpha value is -5.37. The first-order valence-corrected chi connectivity index (χ1v) is 15.3. The van der Waals surface area contributed by atoms with Crippen molar-refractivity contribution in [3.05, 3.63) is 148 Å². The largest absolute Gasteiger partial charge is 0.310 e. The van der Waals surface area contributed by atoms with Gasteiger partial charge in [-0.1, -0.05) is 110 Å². The number of aryl methyl sites for hydroxylation is 1. The number of rotatable bonds is 8. The number of hydrogen-bond donors (Lipinski definition) is 1. The average Bonchev–Trinajstić information content (AvgIpc) is 3.58. The van der Waals surface area contributed by atoms with Gasteiger partial charge < -0.3 is 4.98 Å². The van der Waals surface area contributed by atoms with Gasteiger partial charge in [-0.2, -0.15) is 5.10 Å². The molecule has 1 N–H and O–H groups in total. The molecule has 5 aromatic rings. The van der Waals surface area contributed by atoms with Crippen LogP contribution in [0.15, 0.2) is 119 Å². The van der Waals surface area contributed by atoms with Crippen molar-refractivity contribution in [3.63, 3.8) is 0 Å². The van der Waals surface area contributed by atoms with Gasteiger partial charge in [-0.05, 0) is 40.8 Å². The lowest BCUT2D eigenvalue weighted by atomic mass is 9.75. The van der Waals surface area contributed by atoms with Crippen LogP contribution in [0, 0.1) is 5.92 Å². The highest BCUT2D eigenvalue weighted by atomic mass is 16.2. The number of likely N-dealkylation sites (N-methyl/N-ethyl adjacent to an activating group) is 1. The molecule has 3 heterocycles. The van der Waals surface area contributed by atoms with Gasteiger partial charge in [0.2, 0.25) is 5.91 Å². The number of H-pyrrole nitrogens is 1. The van der Waals surface area contributed by atoms with Crippen molar-refractivity contribution in [1.82, 2.24) is 19.9 Å². The van der Waals surface area contributed by atoms with Crippen molar-refractivity contribution in [2.75, 3.05) is 7.05 Å². The van der Waals surface area contributed by atoms with Crippen LogP contribution in [0.5, 0.6) is 0 Å². The fourth-order valence-electron chi connectivity index (χ4n) is 6.81. The van der Waals surface area contributed by atoms with E-state index in [1.165, 1.54) is 11.9 Å². The Balaban J connectivity index is 1.49. The molecule has 45 heavy (non-hydrogen) atoms. The van der Waals surface area contributed by atoms with Crippen LogP contribution in [0.25, 0.3) is 10.9 Å². The average molecular weight is 596 g/mol. The zero-order valence-corrected chi connectivity index (χ0v) is 25.2. The standard InChI is InChI=1S/C37H33N5O3/c1-3-4-20-30-38-29-22-21-24(23-28(29)34(43)39-30)32-31-33(36(45)41(2)35(31)44)42(40-32)37(25-14-8-5-9-15-25,26-16-10-6-11-17-26)27-18-12-7-13-19-27/h5-19,21-23,31,33H,3-4,20H2,1-2H3,(H,38,39,43)/t31-,33+/m0/s1. The topological polar surface area (TPSA) is 98.7 Å². The zero-order valence-electron chi connectivity index (χ0n) is 25.2. The molecule has 2 atom stereocenters. The lowest BCUT2D eigenvalue weighted by Crippen LogP contribution is -2.52. The molecule has 1 aromatic heterocycles. The minimum Gasteiger partial charge on any atom is -0.310 e. The second kappa shape index (κ2) is 11.3. The number of hydrazone groups is 1. The van der Waals surface area contributed by atoms with E-state index < -0.39 is 17.5 Å². The maximum Gasteiger partial charge on any atom is 0.258 e. The first kappa shape index (κ1) is 28.4. The molecule has 8 nitrogen and oxygen atoms in total. The number of nitrogens with one attached hydrogen (secondary N) is 1. The fourth-order valence-corrected chi connectivity index (χ4v) is 6.81. The summed E-state index contributed by atoms with van der Waals surface area (Å²) in [6, 6.07) is 34.4. The minimum atomic E-state index is -1.06. The van der Waals surface area contributed by atoms with E-state index >= 15 is 0 Å². The van der Waals surface area contributed by atoms with Crippen LogP contribution in [-0.2, 0) is 21.5 Å². The second-order valence-electron chi connectivity index (χ2n) is 11.6. The number of nitrogens with zero attached hydrogens (tertiary/aromatic N) is 4. The van der Waals surface area contributed by atoms with Gasteiger partial charge in [0.05, 0.1) is 16.6 Å². The summed E-state index contributed by atoms with van der Waals surface area (Å²) in [7, 11) is 1.53. The third-order valence-corrected chi connectivity index (χ3v) is 9.01. The van der Waals surface area contributed by atoms with E-state index in [1.807, 2.05) is 102 Å². The molecule has 0 bridgehead atoms. The Labute approximate surface area is 261 Å². The fraction of sp³-hybridized carbons (Fsp3) is 0.216. The van der Waals surface area contributed by atoms with Crippen LogP contribution in [0.4, 0.5) is 0 Å². The van der Waals surface area contributed by atoms with Crippen LogP contribution in [0.1, 0.15) is 47.8 Å². The predicted molar refractivity (Wildman–Crippen MR) is 174 cm³/mol. The summed E-state index contributed by atoms with van der Waals surface area (Å²) in [5.41, 5.74) is 3.05. The van der Waals surface area contributed by atoms with E-state index in [4.69, 9.17) is 5.10 Å². The highest BCUT2D eigenvalue weighted by molar-refractivity contribution is 6.24. The molecule has 2 amide bonds. The molecule has 1 fully saturated rings. The van der Waals surface area contributed by atoms with E-state index in [0.717, 1.165) is 29.5 Å². The quantitative estimate of drug-likeness (QED) is 0.195. The molecule has 2 aliphatic heterocycles. The Morgan fingerprint density at radius 3 is 1.91 bits per heavy atom. The number of aromatic nitrogens is 2. The van der Waals surface area contributed by atoms with E-state index in [0.29, 0.717) is 34.4 Å². The Kier molecular flexibility index (Phi) is 7.12. The van der Waals surface area contributed by atoms with Crippen LogP contribution in [0.3, 0.4) is 0 Å². The number of carbonyl (C=O) groups is 2. The van der Waals surface area contributed by atoms with E-state index in [2.05, 4.69) is 16.9 Å². The minimum absolute atomic E-state index is 0.238. The van der Waals surface area contributed by atoms with Crippen molar-refractivity contribution in [3.8, 4) is 0 Å². The van der Waals surface area contributed by atoms with Crippen LogP contribution >= 0.6 is 0 Å². The number of imide groups is 1. The summed E-state index contributed by atoms with van der Waals surface area (Å²) in [5, 5.41) is 7.47. The number of likely N-dealkylation sites (tertiary alicyclic amines) is 1. The van der Waals surface area contributed by atoms with Crippen LogP contribution in [-0.4, -0.2) is 50.5 Å². The van der Waals surface area contributed by atoms with Gasteiger partial charge in [0.1, 0.15) is 23.3 Å². The van der Waals surface area contributed by atoms with E-state index in [1.54, 1.807) is 12.1 Å². The predicted octanol–water partition coefficient (Wildman–Crippen LogP) is 5.26. The maximum absolute atomic E-state index is 14.0. The van der Waals surface area contributed by atoms with Crippen molar-refractivity contribution in [2.24, 2.45) is 11.0 Å². The first-order valence-electron chi connectivity index (χ1n) is 15.3. The number of benzene rings is 4. The number of fused-ring (bicyclic) bond motifs is 2. The van der Waals surface area contributed by atoms with Gasteiger partial charge in [-0.15, -0.1) is 0 Å². The zero-order chi connectivity index (χ0) is 31.1. The maximum atomic E-state index is 14.0. The molecular formula is C37H33N5O3. The lowest BCUT2D eigenvalue weighted by Gasteiger charge is -2.44. The molecule has 0 spiro atoms. The molecule has 4 aromatic carbocycles. The molecule has 0 aliphatic carbocycles. The second-order valence-corrected chi connectivity index (χ2v) is 11.6. The molecule has 7 rings (SSSR count). The number of amides is 2. The molecule has 0 saturated carbocycles. The van der Waals surface area contributed by atoms with E-state index in [9.17, 15) is 14.4 Å². The summed E-state index contributed by atoms with van der Waals surface area (Å²) in [4.78, 5) is 49.9. The smallest absolute Gasteiger partial charge is 0.258 e. The van der Waals surface area contributed by atoms with Gasteiger partial charge in [-0.3, -0.25) is 24.3 Å².